The smallest absolute Gasteiger partial charge is 0.287 e. The molecular weight excluding hydrogens is 500 g/mol. The van der Waals surface area contributed by atoms with Crippen LogP contribution >= 0.6 is 11.3 Å². The summed E-state index contributed by atoms with van der Waals surface area (Å²) in [5.41, 5.74) is 0.209. The number of aliphatic hydroxyl groups is 1. The molecule has 0 bridgehead atoms. The van der Waals surface area contributed by atoms with Gasteiger partial charge in [0.1, 0.15) is 21.2 Å². The number of nitrogens with one attached hydrogen (secondary N) is 2. The molecule has 13 heteroatoms. The molecule has 1 aromatic heterocycles. The molecule has 1 amide bonds. The number of amidine groups is 1. The number of nitrogens with zero attached hydrogens (tertiary/aromatic N) is 2. The lowest BCUT2D eigenvalue weighted by atomic mass is 9.85. The van der Waals surface area contributed by atoms with Gasteiger partial charge in [0.2, 0.25) is 10.0 Å². The highest BCUT2D eigenvalue weighted by atomic mass is 32.2. The molecule has 0 saturated heterocycles. The molecule has 3 heterocycles. The van der Waals surface area contributed by atoms with E-state index in [0.717, 1.165) is 69.0 Å². The first kappa shape index (κ1) is 23.8. The normalized spacial score (nSPS) is 27.3. The van der Waals surface area contributed by atoms with Gasteiger partial charge in [-0.25, -0.2) is 13.1 Å². The molecule has 0 unspecified atom stereocenters. The quantitative estimate of drug-likeness (QED) is 0.532. The Kier molecular flexibility index (Phi) is 6.02. The van der Waals surface area contributed by atoms with Gasteiger partial charge in [-0.05, 0) is 31.1 Å². The largest absolute Gasteiger partial charge is 0.511 e. The standard InChI is InChI=1S/C21H28N4O6S3/c1-33(28,29)22-10-12-11-32-20-18(12)34(30,31)24-19(23-20)16-17(26)14-8-5-9-15(14)25(21(16)27)13-6-3-2-4-7-13/h11,13-15,22,26H,2-10H2,1H3,(H,23,24)/t14-,15+/m1/s1. The third-order valence-corrected chi connectivity index (χ3v) is 10.3. The highest BCUT2D eigenvalue weighted by molar-refractivity contribution is 7.91. The first-order valence-corrected chi connectivity index (χ1v) is 15.7. The number of sulfonamides is 2. The summed E-state index contributed by atoms with van der Waals surface area (Å²) in [5, 5.41) is 15.9. The van der Waals surface area contributed by atoms with Crippen LogP contribution < -0.4 is 10.0 Å². The van der Waals surface area contributed by atoms with Crippen LogP contribution in [0.1, 0.15) is 56.9 Å². The minimum absolute atomic E-state index is 0.0628. The molecule has 34 heavy (non-hydrogen) atoms. The molecule has 2 aliphatic carbocycles. The molecule has 3 N–H and O–H groups in total. The van der Waals surface area contributed by atoms with E-state index in [4.69, 9.17) is 0 Å². The van der Waals surface area contributed by atoms with Gasteiger partial charge < -0.3 is 15.3 Å². The molecule has 5 rings (SSSR count). The first-order chi connectivity index (χ1) is 16.1. The Morgan fingerprint density at radius 1 is 1.21 bits per heavy atom. The van der Waals surface area contributed by atoms with Crippen LogP contribution in [0.3, 0.4) is 0 Å². The van der Waals surface area contributed by atoms with Gasteiger partial charge in [0, 0.05) is 30.1 Å². The van der Waals surface area contributed by atoms with Crippen LogP contribution in [0.4, 0.5) is 5.00 Å². The van der Waals surface area contributed by atoms with Crippen molar-refractivity contribution in [1.29, 1.82) is 0 Å². The molecular formula is C21H28N4O6S3. The van der Waals surface area contributed by atoms with Crippen molar-refractivity contribution in [2.24, 2.45) is 10.3 Å². The Hall–Kier alpha value is -1.96. The molecule has 1 aromatic rings. The van der Waals surface area contributed by atoms with E-state index < -0.39 is 20.0 Å². The molecule has 2 atom stereocenters. The number of rotatable bonds is 5. The van der Waals surface area contributed by atoms with Crippen LogP contribution in [0.2, 0.25) is 0 Å². The predicted molar refractivity (Wildman–Crippen MR) is 129 cm³/mol. The fourth-order valence-corrected chi connectivity index (χ4v) is 8.70. The maximum absolute atomic E-state index is 13.7. The Labute approximate surface area is 203 Å². The molecule has 4 aliphatic rings. The summed E-state index contributed by atoms with van der Waals surface area (Å²) < 4.78 is 55.4. The number of carbonyl (C=O) groups excluding carboxylic acids is 1. The zero-order chi connectivity index (χ0) is 24.3. The van der Waals surface area contributed by atoms with E-state index in [9.17, 15) is 26.7 Å². The molecule has 2 aliphatic heterocycles. The van der Waals surface area contributed by atoms with Gasteiger partial charge in [-0.3, -0.25) is 4.79 Å². The molecule has 186 valence electrons. The second-order valence-electron chi connectivity index (χ2n) is 9.42. The van der Waals surface area contributed by atoms with Crippen LogP contribution in [0, 0.1) is 5.92 Å². The van der Waals surface area contributed by atoms with Crippen molar-refractivity contribution in [3.05, 3.63) is 22.3 Å². The second-order valence-corrected chi connectivity index (χ2v) is 13.7. The molecule has 0 radical (unpaired) electrons. The molecule has 2 fully saturated rings. The molecule has 0 aromatic carbocycles. The molecule has 0 spiro atoms. The topological polar surface area (TPSA) is 145 Å². The molecule has 10 nitrogen and oxygen atoms in total. The van der Waals surface area contributed by atoms with Gasteiger partial charge in [0.05, 0.1) is 6.26 Å². The monoisotopic (exact) mass is 528 g/mol. The van der Waals surface area contributed by atoms with Gasteiger partial charge in [0.25, 0.3) is 15.9 Å². The van der Waals surface area contributed by atoms with Crippen molar-refractivity contribution in [1.82, 2.24) is 9.62 Å². The number of aliphatic hydroxyl groups excluding tert-OH is 1. The average Bonchev–Trinajstić information content (AvgIpc) is 3.40. The lowest BCUT2D eigenvalue weighted by molar-refractivity contribution is -0.135. The van der Waals surface area contributed by atoms with Crippen LogP contribution in [-0.2, 0) is 31.4 Å². The van der Waals surface area contributed by atoms with E-state index in [-0.39, 0.29) is 63.1 Å². The number of thiophene rings is 1. The van der Waals surface area contributed by atoms with E-state index >= 15 is 0 Å². The Balaban J connectivity index is 1.52. The zero-order valence-corrected chi connectivity index (χ0v) is 21.2. The van der Waals surface area contributed by atoms with Crippen LogP contribution in [0.15, 0.2) is 26.0 Å². The number of carbonyl (C=O) groups is 1. The summed E-state index contributed by atoms with van der Waals surface area (Å²) >= 11 is 1.09. The van der Waals surface area contributed by atoms with E-state index in [0.29, 0.717) is 0 Å². The Morgan fingerprint density at radius 2 is 1.94 bits per heavy atom. The minimum Gasteiger partial charge on any atom is -0.511 e. The lowest BCUT2D eigenvalue weighted by Gasteiger charge is -2.44. The van der Waals surface area contributed by atoms with Crippen molar-refractivity contribution < 1.29 is 26.7 Å². The van der Waals surface area contributed by atoms with Crippen molar-refractivity contribution in [3.63, 3.8) is 0 Å². The summed E-state index contributed by atoms with van der Waals surface area (Å²) in [6.07, 6.45) is 8.52. The van der Waals surface area contributed by atoms with E-state index in [2.05, 4.69) is 14.4 Å². The summed E-state index contributed by atoms with van der Waals surface area (Å²) in [4.78, 5) is 15.5. The van der Waals surface area contributed by atoms with Gasteiger partial charge >= 0.3 is 0 Å². The summed E-state index contributed by atoms with van der Waals surface area (Å²) in [7, 11) is -7.74. The van der Waals surface area contributed by atoms with Crippen molar-refractivity contribution in [3.8, 4) is 0 Å². The van der Waals surface area contributed by atoms with Gasteiger partial charge in [0.15, 0.2) is 5.84 Å². The predicted octanol–water partition coefficient (Wildman–Crippen LogP) is 2.47. The fourth-order valence-electron chi connectivity index (χ4n) is 5.67. The molecule has 2 saturated carbocycles. The van der Waals surface area contributed by atoms with Gasteiger partial charge in [-0.15, -0.1) is 15.7 Å². The fraction of sp³-hybridized carbons (Fsp3) is 0.619. The summed E-state index contributed by atoms with van der Waals surface area (Å²) in [6, 6.07) is 0.0211. The summed E-state index contributed by atoms with van der Waals surface area (Å²) in [5.74, 6) is -0.834. The van der Waals surface area contributed by atoms with Crippen molar-refractivity contribution in [2.75, 3.05) is 11.6 Å². The van der Waals surface area contributed by atoms with Crippen molar-refractivity contribution >= 4 is 48.1 Å². The van der Waals surface area contributed by atoms with E-state index in [1.807, 2.05) is 4.90 Å². The third-order valence-electron chi connectivity index (χ3n) is 7.14. The van der Waals surface area contributed by atoms with Gasteiger partial charge in [-0.1, -0.05) is 25.7 Å². The van der Waals surface area contributed by atoms with Crippen molar-refractivity contribution in [2.45, 2.75) is 74.9 Å². The van der Waals surface area contributed by atoms with E-state index in [1.54, 1.807) is 5.38 Å². The average molecular weight is 529 g/mol. The highest BCUT2D eigenvalue weighted by Gasteiger charge is 2.49. The van der Waals surface area contributed by atoms with E-state index in [1.165, 1.54) is 0 Å². The maximum atomic E-state index is 13.7. The summed E-state index contributed by atoms with van der Waals surface area (Å²) in [6.45, 7) is -0.192. The lowest BCUT2D eigenvalue weighted by Crippen LogP contribution is -2.55. The second kappa shape index (κ2) is 8.61. The SMILES string of the molecule is CS(=O)(=O)NCc1csc2c1S(=O)(=O)N=C(C1=C(O)[C@@H]3CCC[C@@H]3N(C3CCCCC3)C1=O)N2. The van der Waals surface area contributed by atoms with Crippen LogP contribution in [0.5, 0.6) is 0 Å². The Morgan fingerprint density at radius 3 is 2.65 bits per heavy atom. The highest BCUT2D eigenvalue weighted by Crippen LogP contribution is 2.44. The van der Waals surface area contributed by atoms with Crippen LogP contribution in [0.25, 0.3) is 0 Å². The first-order valence-electron chi connectivity index (χ1n) is 11.5. The number of hydrogen-bond donors (Lipinski definition) is 3. The minimum atomic E-state index is -4.22. The van der Waals surface area contributed by atoms with Gasteiger partial charge in [-0.2, -0.15) is 8.42 Å². The number of amides is 1. The van der Waals surface area contributed by atoms with Crippen LogP contribution in [-0.4, -0.2) is 56.9 Å². The zero-order valence-electron chi connectivity index (χ0n) is 18.8. The number of fused-ring (bicyclic) bond motifs is 2. The number of hydrogen-bond acceptors (Lipinski definition) is 8. The third kappa shape index (κ3) is 4.16. The number of anilines is 1. The maximum Gasteiger partial charge on any atom is 0.287 e. The Bertz CT molecular complexity index is 1290.